The molecule has 20 heavy (non-hydrogen) atoms. The van der Waals surface area contributed by atoms with Crippen LogP contribution in [0.2, 0.25) is 0 Å². The van der Waals surface area contributed by atoms with E-state index < -0.39 is 11.7 Å². The van der Waals surface area contributed by atoms with Crippen molar-refractivity contribution in [2.45, 2.75) is 18.5 Å². The van der Waals surface area contributed by atoms with E-state index in [9.17, 15) is 13.2 Å². The zero-order valence-corrected chi connectivity index (χ0v) is 12.0. The number of H-pyrrole nitrogens is 1. The average molecular weight is 328 g/mol. The van der Waals surface area contributed by atoms with Crippen LogP contribution in [0.4, 0.5) is 13.2 Å². The number of aromatic amines is 1. The van der Waals surface area contributed by atoms with Crippen molar-refractivity contribution in [1.29, 1.82) is 0 Å². The highest BCUT2D eigenvalue weighted by Crippen LogP contribution is 2.31. The molecule has 0 bridgehead atoms. The van der Waals surface area contributed by atoms with Gasteiger partial charge < -0.3 is 10.3 Å². The molecule has 0 radical (unpaired) electrons. The molecule has 3 heterocycles. The third-order valence-electron chi connectivity index (χ3n) is 3.32. The molecule has 0 spiro atoms. The molecular formula is C12H14Cl2F3N3. The molecule has 0 saturated carbocycles. The number of nitrogens with zero attached hydrogens (tertiary/aromatic N) is 1. The zero-order chi connectivity index (χ0) is 12.8. The van der Waals surface area contributed by atoms with Crippen molar-refractivity contribution in [3.8, 4) is 0 Å². The van der Waals surface area contributed by atoms with Gasteiger partial charge in [0.15, 0.2) is 0 Å². The van der Waals surface area contributed by atoms with Gasteiger partial charge in [0.05, 0.1) is 5.56 Å². The molecule has 3 nitrogen and oxygen atoms in total. The van der Waals surface area contributed by atoms with E-state index in [4.69, 9.17) is 0 Å². The fourth-order valence-corrected chi connectivity index (χ4v) is 2.33. The summed E-state index contributed by atoms with van der Waals surface area (Å²) < 4.78 is 37.7. The Kier molecular flexibility index (Phi) is 5.29. The van der Waals surface area contributed by atoms with E-state index >= 15 is 0 Å². The second-order valence-electron chi connectivity index (χ2n) is 4.57. The molecule has 1 saturated heterocycles. The lowest BCUT2D eigenvalue weighted by Crippen LogP contribution is -2.07. The number of fused-ring (bicyclic) bond motifs is 1. The van der Waals surface area contributed by atoms with Crippen LogP contribution in [-0.4, -0.2) is 23.1 Å². The number of aromatic nitrogens is 2. The van der Waals surface area contributed by atoms with Gasteiger partial charge in [-0.15, -0.1) is 24.8 Å². The van der Waals surface area contributed by atoms with Crippen molar-refractivity contribution in [2.24, 2.45) is 0 Å². The smallest absolute Gasteiger partial charge is 0.343 e. The van der Waals surface area contributed by atoms with Crippen molar-refractivity contribution in [2.75, 3.05) is 13.1 Å². The molecule has 1 atom stereocenters. The van der Waals surface area contributed by atoms with Crippen molar-refractivity contribution in [1.82, 2.24) is 15.3 Å². The Hall–Kier alpha value is -0.980. The lowest BCUT2D eigenvalue weighted by Gasteiger charge is -2.04. The summed E-state index contributed by atoms with van der Waals surface area (Å²) in [6.07, 6.45) is -2.47. The van der Waals surface area contributed by atoms with Gasteiger partial charge in [0, 0.05) is 29.7 Å². The summed E-state index contributed by atoms with van der Waals surface area (Å²) in [6, 6.07) is 2.92. The summed E-state index contributed by atoms with van der Waals surface area (Å²) in [5.41, 5.74) is 0.775. The maximum atomic E-state index is 12.6. The predicted molar refractivity (Wildman–Crippen MR) is 75.8 cm³/mol. The number of hydrogen-bond acceptors (Lipinski definition) is 2. The maximum Gasteiger partial charge on any atom is 0.417 e. The van der Waals surface area contributed by atoms with Crippen LogP contribution < -0.4 is 5.32 Å². The molecular weight excluding hydrogens is 314 g/mol. The molecule has 2 aromatic heterocycles. The summed E-state index contributed by atoms with van der Waals surface area (Å²) in [7, 11) is 0. The maximum absolute atomic E-state index is 12.6. The van der Waals surface area contributed by atoms with E-state index in [0.717, 1.165) is 37.5 Å². The van der Waals surface area contributed by atoms with Crippen LogP contribution in [0.15, 0.2) is 18.3 Å². The first-order chi connectivity index (χ1) is 8.54. The Bertz CT molecular complexity index is 577. The lowest BCUT2D eigenvalue weighted by atomic mass is 10.1. The summed E-state index contributed by atoms with van der Waals surface area (Å²) in [5.74, 6) is 0.341. The Labute approximate surface area is 126 Å². The molecule has 2 aromatic rings. The average Bonchev–Trinajstić information content (AvgIpc) is 2.95. The van der Waals surface area contributed by atoms with Gasteiger partial charge in [-0.1, -0.05) is 0 Å². The van der Waals surface area contributed by atoms with Crippen LogP contribution >= 0.6 is 24.8 Å². The van der Waals surface area contributed by atoms with Crippen molar-refractivity contribution >= 4 is 35.8 Å². The van der Waals surface area contributed by atoms with Crippen molar-refractivity contribution < 1.29 is 13.2 Å². The standard InChI is InChI=1S/C12H12F3N3.2ClH/c13-12(14,15)9-3-8-4-10(7-1-2-16-5-7)18-11(8)17-6-9;;/h3-4,6-7,16H,1-2,5H2,(H,17,18);2*1H. The number of rotatable bonds is 1. The summed E-state index contributed by atoms with van der Waals surface area (Å²) in [4.78, 5) is 6.94. The largest absolute Gasteiger partial charge is 0.417 e. The van der Waals surface area contributed by atoms with Gasteiger partial charge in [-0.2, -0.15) is 13.2 Å². The van der Waals surface area contributed by atoms with E-state index in [0.29, 0.717) is 17.0 Å². The molecule has 0 aromatic carbocycles. The number of nitrogens with one attached hydrogen (secondary N) is 2. The minimum Gasteiger partial charge on any atom is -0.343 e. The molecule has 1 aliphatic rings. The minimum absolute atomic E-state index is 0. The molecule has 1 unspecified atom stereocenters. The zero-order valence-electron chi connectivity index (χ0n) is 10.3. The topological polar surface area (TPSA) is 40.7 Å². The van der Waals surface area contributed by atoms with E-state index in [1.165, 1.54) is 0 Å². The molecule has 1 fully saturated rings. The van der Waals surface area contributed by atoms with Crippen LogP contribution in [0, 0.1) is 0 Å². The number of halogens is 5. The van der Waals surface area contributed by atoms with Gasteiger partial charge in [-0.05, 0) is 25.1 Å². The molecule has 8 heteroatoms. The summed E-state index contributed by atoms with van der Waals surface area (Å²) in [6.45, 7) is 1.81. The molecule has 0 aliphatic carbocycles. The first-order valence-corrected chi connectivity index (χ1v) is 5.80. The van der Waals surface area contributed by atoms with E-state index in [-0.39, 0.29) is 24.8 Å². The van der Waals surface area contributed by atoms with Gasteiger partial charge in [-0.3, -0.25) is 0 Å². The molecule has 1 aliphatic heterocycles. The van der Waals surface area contributed by atoms with Crippen molar-refractivity contribution in [3.63, 3.8) is 0 Å². The lowest BCUT2D eigenvalue weighted by molar-refractivity contribution is -0.137. The second-order valence-corrected chi connectivity index (χ2v) is 4.57. The third-order valence-corrected chi connectivity index (χ3v) is 3.32. The first-order valence-electron chi connectivity index (χ1n) is 5.80. The predicted octanol–water partition coefficient (Wildman–Crippen LogP) is 3.50. The first kappa shape index (κ1) is 17.1. The van der Waals surface area contributed by atoms with Crippen LogP contribution in [0.25, 0.3) is 11.0 Å². The number of pyridine rings is 1. The Balaban J connectivity index is 0.000001000. The van der Waals surface area contributed by atoms with Crippen LogP contribution in [0.3, 0.4) is 0 Å². The van der Waals surface area contributed by atoms with Crippen LogP contribution in [-0.2, 0) is 6.18 Å². The Morgan fingerprint density at radius 1 is 1.20 bits per heavy atom. The van der Waals surface area contributed by atoms with E-state index in [1.807, 2.05) is 0 Å². The highest BCUT2D eigenvalue weighted by atomic mass is 35.5. The van der Waals surface area contributed by atoms with Crippen LogP contribution in [0.1, 0.15) is 23.6 Å². The van der Waals surface area contributed by atoms with Gasteiger partial charge in [-0.25, -0.2) is 4.98 Å². The highest BCUT2D eigenvalue weighted by molar-refractivity contribution is 5.85. The highest BCUT2D eigenvalue weighted by Gasteiger charge is 2.31. The van der Waals surface area contributed by atoms with Gasteiger partial charge >= 0.3 is 6.18 Å². The van der Waals surface area contributed by atoms with Gasteiger partial charge in [0.25, 0.3) is 0 Å². The second kappa shape index (κ2) is 6.20. The monoisotopic (exact) mass is 327 g/mol. The quantitative estimate of drug-likeness (QED) is 0.841. The SMILES string of the molecule is Cl.Cl.FC(F)(F)c1cnc2[nH]c(C3CCNC3)cc2c1. The number of hydrogen-bond donors (Lipinski definition) is 2. The van der Waals surface area contributed by atoms with Crippen LogP contribution in [0.5, 0.6) is 0 Å². The summed E-state index contributed by atoms with van der Waals surface area (Å²) >= 11 is 0. The van der Waals surface area contributed by atoms with E-state index in [2.05, 4.69) is 15.3 Å². The van der Waals surface area contributed by atoms with Crippen molar-refractivity contribution in [3.05, 3.63) is 29.6 Å². The fourth-order valence-electron chi connectivity index (χ4n) is 2.33. The molecule has 112 valence electrons. The van der Waals surface area contributed by atoms with Gasteiger partial charge in [0.2, 0.25) is 0 Å². The molecule has 3 rings (SSSR count). The van der Waals surface area contributed by atoms with Gasteiger partial charge in [0.1, 0.15) is 5.65 Å². The number of alkyl halides is 3. The minimum atomic E-state index is -4.34. The molecule has 0 amide bonds. The Morgan fingerprint density at radius 3 is 2.55 bits per heavy atom. The van der Waals surface area contributed by atoms with E-state index in [1.54, 1.807) is 6.07 Å². The third kappa shape index (κ3) is 3.19. The Morgan fingerprint density at radius 2 is 1.95 bits per heavy atom. The molecule has 2 N–H and O–H groups in total. The normalized spacial score (nSPS) is 18.6. The summed E-state index contributed by atoms with van der Waals surface area (Å²) in [5, 5.41) is 3.75. The fraction of sp³-hybridized carbons (Fsp3) is 0.417.